The zero-order valence-corrected chi connectivity index (χ0v) is 5.63. The summed E-state index contributed by atoms with van der Waals surface area (Å²) in [4.78, 5) is 10.1. The van der Waals surface area contributed by atoms with E-state index < -0.39 is 5.97 Å². The van der Waals surface area contributed by atoms with Gasteiger partial charge in [-0.25, -0.2) is 0 Å². The van der Waals surface area contributed by atoms with Crippen molar-refractivity contribution < 1.29 is 9.53 Å². The number of hydrogen-bond donors (Lipinski definition) is 0. The molecule has 0 aromatic heterocycles. The fourth-order valence-corrected chi connectivity index (χ4v) is 0.249. The fourth-order valence-electron chi connectivity index (χ4n) is 0.249. The molecule has 3 nitrogen and oxygen atoms in total. The molecule has 3 heteroatoms. The van der Waals surface area contributed by atoms with Crippen molar-refractivity contribution in [1.29, 1.82) is 5.26 Å². The number of carbonyl (C=O) groups is 1. The van der Waals surface area contributed by atoms with Crippen LogP contribution in [0.15, 0.2) is 24.5 Å². The molecular formula is C7H7NO2. The Labute approximate surface area is 59.2 Å². The van der Waals surface area contributed by atoms with Gasteiger partial charge in [-0.2, -0.15) is 5.26 Å². The molecule has 0 saturated carbocycles. The van der Waals surface area contributed by atoms with E-state index >= 15 is 0 Å². The van der Waals surface area contributed by atoms with Gasteiger partial charge in [-0.1, -0.05) is 6.58 Å². The first-order valence-corrected chi connectivity index (χ1v) is 2.59. The first kappa shape index (κ1) is 8.44. The molecule has 10 heavy (non-hydrogen) atoms. The van der Waals surface area contributed by atoms with Crippen LogP contribution in [0.4, 0.5) is 0 Å². The molecule has 0 rings (SSSR count). The molecule has 0 radical (unpaired) electrons. The average molecular weight is 137 g/mol. The third kappa shape index (κ3) is 4.60. The SMILES string of the molecule is C=C(C#N)C=COC(C)=O. The van der Waals surface area contributed by atoms with Crippen LogP contribution in [0.3, 0.4) is 0 Å². The number of ether oxygens (including phenoxy) is 1. The predicted octanol–water partition coefficient (Wildman–Crippen LogP) is 1.14. The van der Waals surface area contributed by atoms with Crippen molar-refractivity contribution in [3.8, 4) is 6.07 Å². The molecule has 0 aromatic rings. The van der Waals surface area contributed by atoms with Crippen LogP contribution in [-0.4, -0.2) is 5.97 Å². The first-order valence-electron chi connectivity index (χ1n) is 2.59. The van der Waals surface area contributed by atoms with E-state index in [1.54, 1.807) is 6.07 Å². The van der Waals surface area contributed by atoms with Crippen LogP contribution in [0.25, 0.3) is 0 Å². The standard InChI is InChI=1S/C7H7NO2/c1-6(5-8)3-4-10-7(2)9/h3-4H,1H2,2H3. The average Bonchev–Trinajstić information content (AvgIpc) is 1.87. The molecule has 0 aliphatic carbocycles. The second-order valence-corrected chi connectivity index (χ2v) is 1.55. The number of esters is 1. The van der Waals surface area contributed by atoms with Crippen LogP contribution in [-0.2, 0) is 9.53 Å². The minimum Gasteiger partial charge on any atom is -0.435 e. The van der Waals surface area contributed by atoms with Crippen LogP contribution in [0, 0.1) is 11.3 Å². The first-order chi connectivity index (χ1) is 4.66. The third-order valence-corrected chi connectivity index (χ3v) is 0.647. The Hall–Kier alpha value is -1.56. The summed E-state index contributed by atoms with van der Waals surface area (Å²) in [7, 11) is 0. The quantitative estimate of drug-likeness (QED) is 0.248. The number of nitrogens with zero attached hydrogens (tertiary/aromatic N) is 1. The fraction of sp³-hybridized carbons (Fsp3) is 0.143. The van der Waals surface area contributed by atoms with Crippen molar-refractivity contribution >= 4 is 5.97 Å². The lowest BCUT2D eigenvalue weighted by atomic mass is 10.3. The third-order valence-electron chi connectivity index (χ3n) is 0.647. The van der Waals surface area contributed by atoms with Crippen molar-refractivity contribution in [2.75, 3.05) is 0 Å². The highest BCUT2D eigenvalue weighted by molar-refractivity contribution is 5.66. The van der Waals surface area contributed by atoms with Crippen molar-refractivity contribution in [2.24, 2.45) is 0 Å². The van der Waals surface area contributed by atoms with Crippen LogP contribution < -0.4 is 0 Å². The van der Waals surface area contributed by atoms with E-state index in [0.717, 1.165) is 6.26 Å². The molecule has 0 saturated heterocycles. The Kier molecular flexibility index (Phi) is 3.66. The molecule has 0 aliphatic rings. The molecule has 0 bridgehead atoms. The molecule has 0 amide bonds. The summed E-state index contributed by atoms with van der Waals surface area (Å²) in [5.74, 6) is -0.415. The molecule has 0 unspecified atom stereocenters. The van der Waals surface area contributed by atoms with E-state index in [-0.39, 0.29) is 5.57 Å². The highest BCUT2D eigenvalue weighted by Gasteiger charge is 1.85. The highest BCUT2D eigenvalue weighted by atomic mass is 16.5. The monoisotopic (exact) mass is 137 g/mol. The molecule has 52 valence electrons. The van der Waals surface area contributed by atoms with E-state index in [4.69, 9.17) is 5.26 Å². The zero-order valence-electron chi connectivity index (χ0n) is 5.63. The number of hydrogen-bond acceptors (Lipinski definition) is 3. The summed E-state index contributed by atoms with van der Waals surface area (Å²) < 4.78 is 4.38. The maximum Gasteiger partial charge on any atom is 0.307 e. The lowest BCUT2D eigenvalue weighted by molar-refractivity contribution is -0.135. The molecule has 0 atom stereocenters. The van der Waals surface area contributed by atoms with Crippen LogP contribution in [0.2, 0.25) is 0 Å². The predicted molar refractivity (Wildman–Crippen MR) is 35.7 cm³/mol. The van der Waals surface area contributed by atoms with Gasteiger partial charge in [0.05, 0.1) is 12.3 Å². The van der Waals surface area contributed by atoms with Gasteiger partial charge in [-0.3, -0.25) is 4.79 Å². The topological polar surface area (TPSA) is 50.1 Å². The van der Waals surface area contributed by atoms with Crippen LogP contribution in [0.1, 0.15) is 6.92 Å². The molecular weight excluding hydrogens is 130 g/mol. The van der Waals surface area contributed by atoms with E-state index in [1.807, 2.05) is 0 Å². The summed E-state index contributed by atoms with van der Waals surface area (Å²) in [6.07, 6.45) is 2.45. The molecule has 0 N–H and O–H groups in total. The lowest BCUT2D eigenvalue weighted by Crippen LogP contribution is -1.89. The van der Waals surface area contributed by atoms with Gasteiger partial charge in [0.1, 0.15) is 0 Å². The van der Waals surface area contributed by atoms with E-state index in [0.29, 0.717) is 0 Å². The van der Waals surface area contributed by atoms with E-state index in [9.17, 15) is 4.79 Å². The van der Waals surface area contributed by atoms with Crippen molar-refractivity contribution in [1.82, 2.24) is 0 Å². The molecule has 0 fully saturated rings. The van der Waals surface area contributed by atoms with Crippen molar-refractivity contribution in [3.63, 3.8) is 0 Å². The summed E-state index contributed by atoms with van der Waals surface area (Å²) in [6, 6.07) is 1.77. The number of allylic oxidation sites excluding steroid dienone is 2. The summed E-state index contributed by atoms with van der Waals surface area (Å²) in [6.45, 7) is 4.61. The molecule has 0 aliphatic heterocycles. The Bertz CT molecular complexity index is 210. The Morgan fingerprint density at radius 2 is 2.40 bits per heavy atom. The normalized spacial score (nSPS) is 8.80. The van der Waals surface area contributed by atoms with E-state index in [1.165, 1.54) is 13.0 Å². The smallest absolute Gasteiger partial charge is 0.307 e. The van der Waals surface area contributed by atoms with E-state index in [2.05, 4.69) is 11.3 Å². The highest BCUT2D eigenvalue weighted by Crippen LogP contribution is 1.89. The van der Waals surface area contributed by atoms with Gasteiger partial charge in [0, 0.05) is 12.5 Å². The van der Waals surface area contributed by atoms with Gasteiger partial charge < -0.3 is 4.74 Å². The van der Waals surface area contributed by atoms with Gasteiger partial charge in [0.15, 0.2) is 0 Å². The largest absolute Gasteiger partial charge is 0.435 e. The van der Waals surface area contributed by atoms with Crippen molar-refractivity contribution in [2.45, 2.75) is 6.92 Å². The lowest BCUT2D eigenvalue weighted by Gasteiger charge is -1.87. The zero-order chi connectivity index (χ0) is 7.98. The van der Waals surface area contributed by atoms with Crippen LogP contribution in [0.5, 0.6) is 0 Å². The summed E-state index contributed by atoms with van der Waals surface area (Å²) >= 11 is 0. The second-order valence-electron chi connectivity index (χ2n) is 1.55. The number of carbonyl (C=O) groups excluding carboxylic acids is 1. The Balaban J connectivity index is 3.70. The second kappa shape index (κ2) is 4.33. The summed E-state index contributed by atoms with van der Waals surface area (Å²) in [5.41, 5.74) is 0.251. The van der Waals surface area contributed by atoms with Gasteiger partial charge in [0.25, 0.3) is 0 Å². The molecule has 0 heterocycles. The summed E-state index contributed by atoms with van der Waals surface area (Å²) in [5, 5.41) is 8.16. The maximum atomic E-state index is 10.1. The Morgan fingerprint density at radius 3 is 2.80 bits per heavy atom. The number of rotatable bonds is 2. The van der Waals surface area contributed by atoms with Gasteiger partial charge >= 0.3 is 5.97 Å². The molecule has 0 spiro atoms. The van der Waals surface area contributed by atoms with Crippen molar-refractivity contribution in [3.05, 3.63) is 24.5 Å². The van der Waals surface area contributed by atoms with Gasteiger partial charge in [-0.15, -0.1) is 0 Å². The van der Waals surface area contributed by atoms with Crippen LogP contribution >= 0.6 is 0 Å². The molecule has 0 aromatic carbocycles. The maximum absolute atomic E-state index is 10.1. The number of nitriles is 1. The Morgan fingerprint density at radius 1 is 1.80 bits per heavy atom. The van der Waals surface area contributed by atoms with Gasteiger partial charge in [-0.05, 0) is 6.08 Å². The van der Waals surface area contributed by atoms with Gasteiger partial charge in [0.2, 0.25) is 0 Å². The minimum absolute atomic E-state index is 0.251. The minimum atomic E-state index is -0.415.